The fourth-order valence-electron chi connectivity index (χ4n) is 2.06. The van der Waals surface area contributed by atoms with Crippen LogP contribution in [0, 0.1) is 0 Å². The van der Waals surface area contributed by atoms with Crippen LogP contribution < -0.4 is 5.32 Å². The summed E-state index contributed by atoms with van der Waals surface area (Å²) in [6.45, 7) is 5.70. The van der Waals surface area contributed by atoms with E-state index < -0.39 is 6.04 Å². The first-order valence-corrected chi connectivity index (χ1v) is 9.14. The standard InChI is InChI=1S/C17H19N5O3S/c1-10(2)15-21-22-16(25-15)11(3)20-14(23)13-6-5-12(24-13)9-26-17-18-7-4-8-19-17/h4-8,10-11H,9H2,1-3H3,(H,20,23). The van der Waals surface area contributed by atoms with Gasteiger partial charge in [-0.1, -0.05) is 25.6 Å². The molecule has 0 bridgehead atoms. The lowest BCUT2D eigenvalue weighted by Gasteiger charge is -2.08. The van der Waals surface area contributed by atoms with Crippen molar-refractivity contribution in [3.8, 4) is 0 Å². The molecule has 3 aromatic rings. The Labute approximate surface area is 154 Å². The molecule has 0 fully saturated rings. The van der Waals surface area contributed by atoms with Crippen molar-refractivity contribution in [2.24, 2.45) is 0 Å². The average Bonchev–Trinajstić information content (AvgIpc) is 3.30. The number of rotatable bonds is 7. The van der Waals surface area contributed by atoms with E-state index in [-0.39, 0.29) is 17.6 Å². The minimum Gasteiger partial charge on any atom is -0.455 e. The van der Waals surface area contributed by atoms with Crippen molar-refractivity contribution < 1.29 is 13.6 Å². The maximum atomic E-state index is 12.3. The van der Waals surface area contributed by atoms with Crippen LogP contribution in [0.2, 0.25) is 0 Å². The number of nitrogens with zero attached hydrogens (tertiary/aromatic N) is 4. The molecule has 9 heteroatoms. The van der Waals surface area contributed by atoms with Gasteiger partial charge in [-0.3, -0.25) is 4.79 Å². The van der Waals surface area contributed by atoms with Gasteiger partial charge < -0.3 is 14.2 Å². The summed E-state index contributed by atoms with van der Waals surface area (Å²) in [5.74, 6) is 2.14. The van der Waals surface area contributed by atoms with Gasteiger partial charge in [-0.25, -0.2) is 9.97 Å². The van der Waals surface area contributed by atoms with Gasteiger partial charge in [-0.05, 0) is 25.1 Å². The van der Waals surface area contributed by atoms with Crippen molar-refractivity contribution in [1.82, 2.24) is 25.5 Å². The van der Waals surface area contributed by atoms with Crippen molar-refractivity contribution in [1.29, 1.82) is 0 Å². The normalized spacial score (nSPS) is 12.3. The molecule has 0 aromatic carbocycles. The smallest absolute Gasteiger partial charge is 0.287 e. The molecule has 1 N–H and O–H groups in total. The van der Waals surface area contributed by atoms with Gasteiger partial charge in [0.1, 0.15) is 11.8 Å². The van der Waals surface area contributed by atoms with Crippen LogP contribution in [-0.4, -0.2) is 26.1 Å². The molecule has 3 rings (SSSR count). The molecule has 0 aliphatic heterocycles. The first kappa shape index (κ1) is 18.1. The topological polar surface area (TPSA) is 107 Å². The lowest BCUT2D eigenvalue weighted by atomic mass is 10.2. The molecule has 0 spiro atoms. The van der Waals surface area contributed by atoms with Crippen molar-refractivity contribution in [3.05, 3.63) is 53.9 Å². The Morgan fingerprint density at radius 3 is 2.54 bits per heavy atom. The fraction of sp³-hybridized carbons (Fsp3) is 0.353. The lowest BCUT2D eigenvalue weighted by molar-refractivity contribution is 0.0904. The highest BCUT2D eigenvalue weighted by atomic mass is 32.2. The number of hydrogen-bond acceptors (Lipinski definition) is 8. The van der Waals surface area contributed by atoms with Crippen molar-refractivity contribution in [2.75, 3.05) is 0 Å². The highest BCUT2D eigenvalue weighted by Gasteiger charge is 2.20. The molecule has 1 atom stereocenters. The summed E-state index contributed by atoms with van der Waals surface area (Å²) >= 11 is 1.43. The zero-order valence-corrected chi connectivity index (χ0v) is 15.5. The Bertz CT molecular complexity index is 862. The highest BCUT2D eigenvalue weighted by molar-refractivity contribution is 7.98. The summed E-state index contributed by atoms with van der Waals surface area (Å²) in [6, 6.07) is 4.74. The van der Waals surface area contributed by atoms with Crippen LogP contribution >= 0.6 is 11.8 Å². The number of aromatic nitrogens is 4. The van der Waals surface area contributed by atoms with E-state index in [9.17, 15) is 4.79 Å². The summed E-state index contributed by atoms with van der Waals surface area (Å²) in [4.78, 5) is 20.6. The van der Waals surface area contributed by atoms with Gasteiger partial charge >= 0.3 is 0 Å². The van der Waals surface area contributed by atoms with Gasteiger partial charge in [0, 0.05) is 18.3 Å². The van der Waals surface area contributed by atoms with E-state index in [2.05, 4.69) is 25.5 Å². The van der Waals surface area contributed by atoms with Gasteiger partial charge in [0.2, 0.25) is 11.8 Å². The third-order valence-corrected chi connectivity index (χ3v) is 4.34. The Balaban J connectivity index is 1.57. The van der Waals surface area contributed by atoms with E-state index in [0.29, 0.717) is 28.5 Å². The van der Waals surface area contributed by atoms with E-state index in [1.807, 2.05) is 13.8 Å². The van der Waals surface area contributed by atoms with E-state index in [1.54, 1.807) is 37.5 Å². The van der Waals surface area contributed by atoms with Gasteiger partial charge in [0.15, 0.2) is 10.9 Å². The van der Waals surface area contributed by atoms with Crippen LogP contribution in [0.3, 0.4) is 0 Å². The number of nitrogens with one attached hydrogen (secondary N) is 1. The molecule has 1 unspecified atom stereocenters. The van der Waals surface area contributed by atoms with Crippen molar-refractivity contribution in [2.45, 2.75) is 43.6 Å². The van der Waals surface area contributed by atoms with Crippen molar-refractivity contribution in [3.63, 3.8) is 0 Å². The molecule has 0 aliphatic carbocycles. The molecule has 0 aliphatic rings. The fourth-order valence-corrected chi connectivity index (χ4v) is 2.75. The Kier molecular flexibility index (Phi) is 5.67. The number of carbonyl (C=O) groups is 1. The molecule has 26 heavy (non-hydrogen) atoms. The summed E-state index contributed by atoms with van der Waals surface area (Å²) in [6.07, 6.45) is 3.36. The van der Waals surface area contributed by atoms with E-state index in [0.717, 1.165) is 0 Å². The second-order valence-electron chi connectivity index (χ2n) is 5.91. The van der Waals surface area contributed by atoms with E-state index >= 15 is 0 Å². The number of furan rings is 1. The third-order valence-electron chi connectivity index (χ3n) is 3.44. The van der Waals surface area contributed by atoms with Crippen LogP contribution in [0.5, 0.6) is 0 Å². The van der Waals surface area contributed by atoms with Crippen LogP contribution in [0.4, 0.5) is 0 Å². The Morgan fingerprint density at radius 2 is 1.85 bits per heavy atom. The predicted molar refractivity (Wildman–Crippen MR) is 94.6 cm³/mol. The second kappa shape index (κ2) is 8.13. The molecular weight excluding hydrogens is 354 g/mol. The molecule has 136 valence electrons. The van der Waals surface area contributed by atoms with Crippen LogP contribution in [0.25, 0.3) is 0 Å². The van der Waals surface area contributed by atoms with Crippen LogP contribution in [0.1, 0.15) is 60.8 Å². The monoisotopic (exact) mass is 373 g/mol. The highest BCUT2D eigenvalue weighted by Crippen LogP contribution is 2.21. The van der Waals surface area contributed by atoms with Gasteiger partial charge in [0.25, 0.3) is 5.91 Å². The molecule has 3 aromatic heterocycles. The molecule has 8 nitrogen and oxygen atoms in total. The number of hydrogen-bond donors (Lipinski definition) is 1. The molecule has 0 radical (unpaired) electrons. The van der Waals surface area contributed by atoms with Crippen LogP contribution in [0.15, 0.2) is 44.6 Å². The lowest BCUT2D eigenvalue weighted by Crippen LogP contribution is -2.26. The summed E-state index contributed by atoms with van der Waals surface area (Å²) in [5.41, 5.74) is 0. The minimum atomic E-state index is -0.414. The number of thioether (sulfide) groups is 1. The summed E-state index contributed by atoms with van der Waals surface area (Å²) in [7, 11) is 0. The molecule has 0 saturated carbocycles. The van der Waals surface area contributed by atoms with Gasteiger partial charge in [-0.15, -0.1) is 10.2 Å². The average molecular weight is 373 g/mol. The van der Waals surface area contributed by atoms with Crippen molar-refractivity contribution >= 4 is 17.7 Å². The predicted octanol–water partition coefficient (Wildman–Crippen LogP) is 3.36. The molecule has 1 amide bonds. The maximum absolute atomic E-state index is 12.3. The number of carbonyl (C=O) groups excluding carboxylic acids is 1. The summed E-state index contributed by atoms with van der Waals surface area (Å²) < 4.78 is 11.1. The Hall–Kier alpha value is -2.68. The van der Waals surface area contributed by atoms with Gasteiger partial charge in [0.05, 0.1) is 5.75 Å². The van der Waals surface area contributed by atoms with E-state index in [4.69, 9.17) is 8.83 Å². The largest absolute Gasteiger partial charge is 0.455 e. The summed E-state index contributed by atoms with van der Waals surface area (Å²) in [5, 5.41) is 11.4. The van der Waals surface area contributed by atoms with E-state index in [1.165, 1.54) is 11.8 Å². The molecular formula is C17H19N5O3S. The zero-order valence-electron chi connectivity index (χ0n) is 14.7. The van der Waals surface area contributed by atoms with Crippen LogP contribution in [-0.2, 0) is 5.75 Å². The zero-order chi connectivity index (χ0) is 18.5. The third kappa shape index (κ3) is 4.48. The molecule has 3 heterocycles. The SMILES string of the molecule is CC(C)c1nnc(C(C)NC(=O)c2ccc(CSc3ncccn3)o2)o1. The minimum absolute atomic E-state index is 0.137. The molecule has 0 saturated heterocycles. The second-order valence-corrected chi connectivity index (χ2v) is 6.86. The quantitative estimate of drug-likeness (QED) is 0.496. The number of amides is 1. The van der Waals surface area contributed by atoms with Gasteiger partial charge in [-0.2, -0.15) is 0 Å². The first-order chi connectivity index (χ1) is 12.5. The Morgan fingerprint density at radius 1 is 1.12 bits per heavy atom. The maximum Gasteiger partial charge on any atom is 0.287 e. The first-order valence-electron chi connectivity index (χ1n) is 8.15.